The first-order valence-corrected chi connectivity index (χ1v) is 18.3. The van der Waals surface area contributed by atoms with Crippen LogP contribution in [-0.2, 0) is 24.8 Å². The minimum Gasteiger partial charge on any atom is -0.493 e. The predicted molar refractivity (Wildman–Crippen MR) is 174 cm³/mol. The molecule has 0 aliphatic heterocycles. The number of hydrogen-bond donors (Lipinski definition) is 2. The highest BCUT2D eigenvalue weighted by atomic mass is 31.2. The largest absolute Gasteiger partial charge is 0.493 e. The van der Waals surface area contributed by atoms with Gasteiger partial charge in [0.2, 0.25) is 0 Å². The standard InChI is InChI=1S/C34H62NO6P/c1-4-5-6-7-8-9-10-11-12-13-14-15-16-17-18-21-26-39-34-24-20-19-23-33(34)29-32(28-31(2)36)30-41-42(37,38)40-27-22-25-35-3/h19-20,23-24,32,35H,4-18,21-22,25-30H2,1-3H3,(H,37,38). The topological polar surface area (TPSA) is 94.1 Å². The second-order valence-electron chi connectivity index (χ2n) is 11.8. The highest BCUT2D eigenvalue weighted by Crippen LogP contribution is 2.44. The number of ketones is 1. The fraction of sp³-hybridized carbons (Fsp3) is 0.794. The minimum absolute atomic E-state index is 0.0119. The van der Waals surface area contributed by atoms with Crippen LogP contribution in [0.2, 0.25) is 0 Å². The van der Waals surface area contributed by atoms with Crippen LogP contribution in [-0.4, -0.2) is 44.1 Å². The fourth-order valence-electron chi connectivity index (χ4n) is 5.22. The van der Waals surface area contributed by atoms with Crippen molar-refractivity contribution in [3.05, 3.63) is 29.8 Å². The Bertz CT molecular complexity index is 836. The van der Waals surface area contributed by atoms with Gasteiger partial charge < -0.3 is 19.7 Å². The number of unbranched alkanes of at least 4 members (excludes halogenated alkanes) is 15. The fourth-order valence-corrected chi connectivity index (χ4v) is 6.05. The Labute approximate surface area is 257 Å². The molecule has 2 atom stereocenters. The summed E-state index contributed by atoms with van der Waals surface area (Å²) in [5, 5.41) is 2.96. The van der Waals surface area contributed by atoms with E-state index in [0.29, 0.717) is 26.0 Å². The molecule has 0 fully saturated rings. The van der Waals surface area contributed by atoms with Crippen molar-refractivity contribution in [2.75, 3.05) is 33.4 Å². The number of phosphoric acid groups is 1. The first-order chi connectivity index (χ1) is 20.4. The Morgan fingerprint density at radius 2 is 1.36 bits per heavy atom. The molecule has 244 valence electrons. The number of rotatable bonds is 30. The third-order valence-corrected chi connectivity index (χ3v) is 8.60. The van der Waals surface area contributed by atoms with Crippen molar-refractivity contribution >= 4 is 13.6 Å². The molecule has 8 heteroatoms. The summed E-state index contributed by atoms with van der Waals surface area (Å²) < 4.78 is 28.7. The summed E-state index contributed by atoms with van der Waals surface area (Å²) >= 11 is 0. The molecule has 0 amide bonds. The Hall–Kier alpha value is -1.24. The number of carbonyl (C=O) groups excluding carboxylic acids is 1. The molecule has 2 N–H and O–H groups in total. The molecule has 0 saturated carbocycles. The van der Waals surface area contributed by atoms with Gasteiger partial charge in [-0.25, -0.2) is 4.57 Å². The summed E-state index contributed by atoms with van der Waals surface area (Å²) in [6.07, 6.45) is 22.8. The van der Waals surface area contributed by atoms with Gasteiger partial charge in [0, 0.05) is 6.42 Å². The number of benzene rings is 1. The lowest BCUT2D eigenvalue weighted by Gasteiger charge is -2.20. The van der Waals surface area contributed by atoms with E-state index in [9.17, 15) is 14.3 Å². The van der Waals surface area contributed by atoms with Gasteiger partial charge in [-0.05, 0) is 57.3 Å². The maximum Gasteiger partial charge on any atom is 0.472 e. The van der Waals surface area contributed by atoms with E-state index >= 15 is 0 Å². The van der Waals surface area contributed by atoms with Crippen LogP contribution in [0.4, 0.5) is 0 Å². The van der Waals surface area contributed by atoms with Gasteiger partial charge in [0.05, 0.1) is 19.8 Å². The summed E-state index contributed by atoms with van der Waals surface area (Å²) in [4.78, 5) is 21.9. The Kier molecular flexibility index (Phi) is 24.2. The number of carbonyl (C=O) groups is 1. The van der Waals surface area contributed by atoms with E-state index in [2.05, 4.69) is 12.2 Å². The first-order valence-electron chi connectivity index (χ1n) is 16.8. The molecular formula is C34H62NO6P. The van der Waals surface area contributed by atoms with Crippen LogP contribution < -0.4 is 10.1 Å². The maximum absolute atomic E-state index is 12.3. The Morgan fingerprint density at radius 1 is 0.810 bits per heavy atom. The molecule has 0 spiro atoms. The van der Waals surface area contributed by atoms with Gasteiger partial charge in [-0.3, -0.25) is 9.05 Å². The molecule has 1 rings (SSSR count). The summed E-state index contributed by atoms with van der Waals surface area (Å²) in [5.41, 5.74) is 0.978. The van der Waals surface area contributed by atoms with E-state index in [1.54, 1.807) is 0 Å². The molecule has 0 radical (unpaired) electrons. The van der Waals surface area contributed by atoms with Gasteiger partial charge >= 0.3 is 7.82 Å². The summed E-state index contributed by atoms with van der Waals surface area (Å²) in [6.45, 7) is 5.24. The van der Waals surface area contributed by atoms with Crippen LogP contribution in [0.5, 0.6) is 5.75 Å². The molecular weight excluding hydrogens is 549 g/mol. The van der Waals surface area contributed by atoms with Gasteiger partial charge in [-0.1, -0.05) is 121 Å². The number of nitrogens with one attached hydrogen (secondary N) is 1. The quantitative estimate of drug-likeness (QED) is 0.0661. The molecule has 2 unspecified atom stereocenters. The van der Waals surface area contributed by atoms with E-state index in [0.717, 1.165) is 17.7 Å². The monoisotopic (exact) mass is 611 g/mol. The van der Waals surface area contributed by atoms with Crippen LogP contribution >= 0.6 is 7.82 Å². The van der Waals surface area contributed by atoms with E-state index in [-0.39, 0.29) is 31.3 Å². The van der Waals surface area contributed by atoms with Crippen LogP contribution in [0.25, 0.3) is 0 Å². The second kappa shape index (κ2) is 26.2. The number of para-hydroxylation sites is 1. The van der Waals surface area contributed by atoms with Crippen LogP contribution in [0.3, 0.4) is 0 Å². The van der Waals surface area contributed by atoms with Crippen molar-refractivity contribution in [3.63, 3.8) is 0 Å². The van der Waals surface area contributed by atoms with Crippen molar-refractivity contribution in [2.24, 2.45) is 5.92 Å². The van der Waals surface area contributed by atoms with E-state index < -0.39 is 7.82 Å². The molecule has 42 heavy (non-hydrogen) atoms. The van der Waals surface area contributed by atoms with Gasteiger partial charge in [-0.15, -0.1) is 0 Å². The molecule has 0 aliphatic rings. The highest BCUT2D eigenvalue weighted by Gasteiger charge is 2.24. The average molecular weight is 612 g/mol. The molecule has 0 aliphatic carbocycles. The molecule has 1 aromatic carbocycles. The van der Waals surface area contributed by atoms with E-state index in [1.165, 1.54) is 103 Å². The van der Waals surface area contributed by atoms with E-state index in [4.69, 9.17) is 13.8 Å². The van der Waals surface area contributed by atoms with Crippen molar-refractivity contribution in [3.8, 4) is 5.75 Å². The van der Waals surface area contributed by atoms with Gasteiger partial charge in [0.15, 0.2) is 0 Å². The van der Waals surface area contributed by atoms with Gasteiger partial charge in [0.1, 0.15) is 11.5 Å². The van der Waals surface area contributed by atoms with Gasteiger partial charge in [0.25, 0.3) is 0 Å². The van der Waals surface area contributed by atoms with E-state index in [1.807, 2.05) is 31.3 Å². The Morgan fingerprint density at radius 3 is 1.90 bits per heavy atom. The zero-order valence-corrected chi connectivity index (χ0v) is 28.0. The highest BCUT2D eigenvalue weighted by molar-refractivity contribution is 7.47. The lowest BCUT2D eigenvalue weighted by molar-refractivity contribution is -0.118. The van der Waals surface area contributed by atoms with Crippen LogP contribution in [0.15, 0.2) is 24.3 Å². The molecule has 0 heterocycles. The SMILES string of the molecule is CCCCCCCCCCCCCCCCCCOc1ccccc1CC(COP(=O)(O)OCCCNC)CC(C)=O. The molecule has 0 aromatic heterocycles. The molecule has 0 saturated heterocycles. The lowest BCUT2D eigenvalue weighted by Crippen LogP contribution is -2.17. The molecule has 0 bridgehead atoms. The number of ether oxygens (including phenoxy) is 1. The van der Waals surface area contributed by atoms with Crippen molar-refractivity contribution in [1.82, 2.24) is 5.32 Å². The summed E-state index contributed by atoms with van der Waals surface area (Å²) in [5.74, 6) is 0.574. The number of Topliss-reactive ketones (excluding diaryl/α,β-unsaturated/α-hetero) is 1. The van der Waals surface area contributed by atoms with Crippen LogP contribution in [0, 0.1) is 5.92 Å². The zero-order chi connectivity index (χ0) is 30.7. The van der Waals surface area contributed by atoms with Crippen molar-refractivity contribution < 1.29 is 28.0 Å². The Balaban J connectivity index is 2.24. The zero-order valence-electron chi connectivity index (χ0n) is 27.1. The smallest absolute Gasteiger partial charge is 0.472 e. The maximum atomic E-state index is 12.3. The predicted octanol–water partition coefficient (Wildman–Crippen LogP) is 9.21. The summed E-state index contributed by atoms with van der Waals surface area (Å²) in [6, 6.07) is 7.84. The molecule has 7 nitrogen and oxygen atoms in total. The summed E-state index contributed by atoms with van der Waals surface area (Å²) in [7, 11) is -2.36. The van der Waals surface area contributed by atoms with Crippen molar-refractivity contribution in [2.45, 2.75) is 136 Å². The minimum atomic E-state index is -4.17. The van der Waals surface area contributed by atoms with Crippen LogP contribution in [0.1, 0.15) is 135 Å². The third-order valence-electron chi connectivity index (χ3n) is 7.61. The second-order valence-corrected chi connectivity index (χ2v) is 13.2. The average Bonchev–Trinajstić information content (AvgIpc) is 2.96. The normalized spacial score (nSPS) is 13.6. The lowest BCUT2D eigenvalue weighted by atomic mass is 9.95. The van der Waals surface area contributed by atoms with Gasteiger partial charge in [-0.2, -0.15) is 0 Å². The molecule has 1 aromatic rings. The number of phosphoric ester groups is 1. The first kappa shape index (κ1) is 38.8. The number of hydrogen-bond acceptors (Lipinski definition) is 6. The van der Waals surface area contributed by atoms with Crippen molar-refractivity contribution in [1.29, 1.82) is 0 Å². The third kappa shape index (κ3) is 22.3.